The van der Waals surface area contributed by atoms with E-state index >= 15 is 0 Å². The summed E-state index contributed by atoms with van der Waals surface area (Å²) >= 11 is 0. The average molecular weight is 273 g/mol. The molecular weight excluding hydrogens is 254 g/mol. The molecule has 3 rings (SSSR count). The van der Waals surface area contributed by atoms with Gasteiger partial charge in [-0.25, -0.2) is 9.97 Å². The van der Waals surface area contributed by atoms with Gasteiger partial charge >= 0.3 is 0 Å². The molecule has 1 aromatic heterocycles. The molecule has 2 unspecified atom stereocenters. The van der Waals surface area contributed by atoms with Gasteiger partial charge in [0.1, 0.15) is 17.5 Å². The summed E-state index contributed by atoms with van der Waals surface area (Å²) in [5.74, 6) is 0.679. The summed E-state index contributed by atoms with van der Waals surface area (Å²) in [6, 6.07) is 3.24. The number of nitrogens with zero attached hydrogens (tertiary/aromatic N) is 2. The third-order valence-corrected chi connectivity index (χ3v) is 3.99. The minimum atomic E-state index is -0.757. The molecule has 0 saturated carbocycles. The van der Waals surface area contributed by atoms with Crippen LogP contribution in [0.15, 0.2) is 12.1 Å². The van der Waals surface area contributed by atoms with E-state index in [0.29, 0.717) is 5.75 Å². The Bertz CT molecular complexity index is 697. The summed E-state index contributed by atoms with van der Waals surface area (Å²) in [5, 5.41) is 10.2. The molecule has 0 radical (unpaired) electrons. The number of rotatable bonds is 0. The van der Waals surface area contributed by atoms with Gasteiger partial charge in [0.25, 0.3) is 0 Å². The average Bonchev–Trinajstić information content (AvgIpc) is 2.36. The van der Waals surface area contributed by atoms with Crippen molar-refractivity contribution in [3.63, 3.8) is 0 Å². The van der Waals surface area contributed by atoms with Crippen molar-refractivity contribution in [2.45, 2.75) is 45.4 Å². The highest BCUT2D eigenvalue weighted by atomic mass is 16.5. The Morgan fingerprint density at radius 1 is 1.15 bits per heavy atom. The Hall–Kier alpha value is -1.72. The second-order valence-electron chi connectivity index (χ2n) is 5.95. The lowest BCUT2D eigenvalue weighted by Crippen LogP contribution is -2.51. The summed E-state index contributed by atoms with van der Waals surface area (Å²) < 4.78 is 5.88. The molecule has 106 valence electrons. The maximum absolute atomic E-state index is 10.2. The van der Waals surface area contributed by atoms with Gasteiger partial charge in [0.2, 0.25) is 0 Å². The molecule has 2 aromatic rings. The molecule has 5 nitrogen and oxygen atoms in total. The van der Waals surface area contributed by atoms with E-state index in [-0.39, 0.29) is 0 Å². The lowest BCUT2D eigenvalue weighted by molar-refractivity contribution is -0.0570. The molecule has 1 aliphatic rings. The number of fused-ring (bicyclic) bond motifs is 2. The first kappa shape index (κ1) is 13.3. The Kier molecular flexibility index (Phi) is 2.74. The van der Waals surface area contributed by atoms with Gasteiger partial charge in [0.05, 0.1) is 28.5 Å². The lowest BCUT2D eigenvalue weighted by Gasteiger charge is -2.40. The topological polar surface area (TPSA) is 81.3 Å². The van der Waals surface area contributed by atoms with Crippen LogP contribution in [0.4, 0.5) is 0 Å². The fourth-order valence-electron chi connectivity index (χ4n) is 2.57. The van der Waals surface area contributed by atoms with Crippen molar-refractivity contribution >= 4 is 11.0 Å². The third-order valence-electron chi connectivity index (χ3n) is 3.99. The third kappa shape index (κ3) is 1.85. The second-order valence-corrected chi connectivity index (χ2v) is 5.95. The normalized spacial score (nSPS) is 24.3. The molecule has 0 saturated heterocycles. The van der Waals surface area contributed by atoms with Gasteiger partial charge in [0, 0.05) is 11.6 Å². The highest BCUT2D eigenvalue weighted by Crippen LogP contribution is 2.40. The van der Waals surface area contributed by atoms with Crippen LogP contribution in [-0.2, 0) is 0 Å². The molecule has 0 bridgehead atoms. The molecule has 3 N–H and O–H groups in total. The molecule has 0 spiro atoms. The Morgan fingerprint density at radius 2 is 1.70 bits per heavy atom. The molecule has 0 aliphatic carbocycles. The molecule has 2 atom stereocenters. The molecule has 20 heavy (non-hydrogen) atoms. The Balaban J connectivity index is 2.24. The van der Waals surface area contributed by atoms with Gasteiger partial charge in [-0.1, -0.05) is 0 Å². The quantitative estimate of drug-likeness (QED) is 0.764. The van der Waals surface area contributed by atoms with Crippen LogP contribution in [0.2, 0.25) is 0 Å². The fourth-order valence-corrected chi connectivity index (χ4v) is 2.57. The van der Waals surface area contributed by atoms with Gasteiger partial charge in [-0.15, -0.1) is 0 Å². The maximum atomic E-state index is 10.2. The number of nitrogens with two attached hydrogens (primary N) is 1. The first-order chi connectivity index (χ1) is 9.29. The van der Waals surface area contributed by atoms with Crippen molar-refractivity contribution in [1.29, 1.82) is 0 Å². The largest absolute Gasteiger partial charge is 0.485 e. The van der Waals surface area contributed by atoms with E-state index in [4.69, 9.17) is 10.5 Å². The van der Waals surface area contributed by atoms with E-state index in [9.17, 15) is 5.11 Å². The van der Waals surface area contributed by atoms with Crippen molar-refractivity contribution in [2.75, 3.05) is 0 Å². The number of benzene rings is 1. The van der Waals surface area contributed by atoms with Gasteiger partial charge in [-0.2, -0.15) is 0 Å². The van der Waals surface area contributed by atoms with E-state index in [1.807, 2.05) is 39.8 Å². The number of aromatic nitrogens is 2. The second kappa shape index (κ2) is 4.14. The molecule has 2 heterocycles. The predicted octanol–water partition coefficient (Wildman–Crippen LogP) is 1.78. The van der Waals surface area contributed by atoms with Crippen LogP contribution in [0.3, 0.4) is 0 Å². The molecule has 1 aromatic carbocycles. The van der Waals surface area contributed by atoms with Gasteiger partial charge < -0.3 is 15.6 Å². The molecular formula is C15H19N3O2. The maximum Gasteiger partial charge on any atom is 0.131 e. The minimum absolute atomic E-state index is 0.485. The van der Waals surface area contributed by atoms with Crippen LogP contribution < -0.4 is 10.5 Å². The zero-order valence-corrected chi connectivity index (χ0v) is 12.1. The first-order valence-electron chi connectivity index (χ1n) is 6.71. The van der Waals surface area contributed by atoms with Gasteiger partial charge in [-0.05, 0) is 33.8 Å². The zero-order valence-electron chi connectivity index (χ0n) is 12.1. The number of ether oxygens (including phenoxy) is 1. The summed E-state index contributed by atoms with van der Waals surface area (Å²) in [5.41, 5.74) is 9.56. The predicted molar refractivity (Wildman–Crippen MR) is 76.7 cm³/mol. The monoisotopic (exact) mass is 273 g/mol. The zero-order chi connectivity index (χ0) is 14.7. The van der Waals surface area contributed by atoms with E-state index in [2.05, 4.69) is 9.97 Å². The van der Waals surface area contributed by atoms with Crippen LogP contribution in [0.1, 0.15) is 36.8 Å². The summed E-state index contributed by atoms with van der Waals surface area (Å²) in [6.45, 7) is 7.52. The molecule has 0 amide bonds. The number of aliphatic hydroxyl groups is 1. The van der Waals surface area contributed by atoms with E-state index < -0.39 is 17.7 Å². The smallest absolute Gasteiger partial charge is 0.131 e. The van der Waals surface area contributed by atoms with Crippen molar-refractivity contribution in [2.24, 2.45) is 5.73 Å². The molecule has 0 fully saturated rings. The van der Waals surface area contributed by atoms with Crippen LogP contribution in [0.5, 0.6) is 5.75 Å². The molecule has 5 heteroatoms. The van der Waals surface area contributed by atoms with Crippen molar-refractivity contribution in [3.8, 4) is 5.75 Å². The number of aliphatic hydroxyl groups excluding tert-OH is 1. The number of hydrogen-bond donors (Lipinski definition) is 2. The van der Waals surface area contributed by atoms with E-state index in [0.717, 1.165) is 28.0 Å². The highest BCUT2D eigenvalue weighted by Gasteiger charge is 2.41. The van der Waals surface area contributed by atoms with E-state index in [1.165, 1.54) is 0 Å². The van der Waals surface area contributed by atoms with Crippen molar-refractivity contribution < 1.29 is 9.84 Å². The standard InChI is InChI=1S/C15H19N3O2/c1-7-8(2)18-11-6-12-9(5-10(11)17-7)13(16)14(19)15(3,4)20-12/h5-6,13-14,19H,16H2,1-4H3. The Labute approximate surface area is 117 Å². The summed E-state index contributed by atoms with van der Waals surface area (Å²) in [4.78, 5) is 9.05. The fraction of sp³-hybridized carbons (Fsp3) is 0.467. The number of hydrogen-bond acceptors (Lipinski definition) is 5. The van der Waals surface area contributed by atoms with Crippen LogP contribution >= 0.6 is 0 Å². The number of aryl methyl sites for hydroxylation is 2. The molecule has 1 aliphatic heterocycles. The van der Waals surface area contributed by atoms with E-state index in [1.54, 1.807) is 0 Å². The van der Waals surface area contributed by atoms with Gasteiger partial charge in [-0.3, -0.25) is 0 Å². The SMILES string of the molecule is Cc1nc2cc3c(cc2nc1C)C(N)C(O)C(C)(C)O3. The van der Waals surface area contributed by atoms with Crippen LogP contribution in [-0.4, -0.2) is 26.8 Å². The Morgan fingerprint density at radius 3 is 2.30 bits per heavy atom. The summed E-state index contributed by atoms with van der Waals surface area (Å²) in [7, 11) is 0. The van der Waals surface area contributed by atoms with Crippen molar-refractivity contribution in [1.82, 2.24) is 9.97 Å². The summed E-state index contributed by atoms with van der Waals surface area (Å²) in [6.07, 6.45) is -0.757. The van der Waals surface area contributed by atoms with Crippen molar-refractivity contribution in [3.05, 3.63) is 29.1 Å². The minimum Gasteiger partial charge on any atom is -0.485 e. The van der Waals surface area contributed by atoms with Gasteiger partial charge in [0.15, 0.2) is 0 Å². The first-order valence-corrected chi connectivity index (χ1v) is 6.71. The van der Waals surface area contributed by atoms with Crippen LogP contribution in [0, 0.1) is 13.8 Å². The van der Waals surface area contributed by atoms with Crippen LogP contribution in [0.25, 0.3) is 11.0 Å². The lowest BCUT2D eigenvalue weighted by atomic mass is 9.87. The highest BCUT2D eigenvalue weighted by molar-refractivity contribution is 5.78.